The van der Waals surface area contributed by atoms with E-state index in [2.05, 4.69) is 4.98 Å². The molecule has 2 heterocycles. The number of aromatic nitrogens is 4. The second-order valence-electron chi connectivity index (χ2n) is 3.38. The summed E-state index contributed by atoms with van der Waals surface area (Å²) in [5.74, 6) is 0. The molecule has 0 aliphatic carbocycles. The van der Waals surface area contributed by atoms with Crippen molar-refractivity contribution in [1.82, 2.24) is 18.7 Å². The molecule has 0 fully saturated rings. The molecule has 0 radical (unpaired) electrons. The molecule has 110 valence electrons. The Labute approximate surface area is 141 Å². The molecule has 2 aromatic rings. The van der Waals surface area contributed by atoms with Gasteiger partial charge < -0.3 is 9.67 Å². The van der Waals surface area contributed by atoms with Crippen LogP contribution in [0, 0.1) is 0 Å². The van der Waals surface area contributed by atoms with Crippen LogP contribution in [0.15, 0.2) is 15.9 Å². The van der Waals surface area contributed by atoms with Gasteiger partial charge >= 0.3 is 5.69 Å². The largest absolute Gasteiger partial charge is 0.393 e. The van der Waals surface area contributed by atoms with Crippen LogP contribution in [0.3, 0.4) is 0 Å². The Morgan fingerprint density at radius 1 is 1.50 bits per heavy atom. The highest BCUT2D eigenvalue weighted by atomic mass is 16.3. The van der Waals surface area contributed by atoms with Crippen LogP contribution in [0.5, 0.6) is 0 Å². The monoisotopic (exact) mass is 298 g/mol. The number of rotatable bonds is 5. The van der Waals surface area contributed by atoms with Crippen LogP contribution in [-0.4, -0.2) is 29.9 Å². The third kappa shape index (κ3) is 2.53. The molecule has 0 spiro atoms. The second-order valence-corrected chi connectivity index (χ2v) is 3.38. The van der Waals surface area contributed by atoms with Gasteiger partial charge in [0.15, 0.2) is 11.2 Å². The molecule has 2 rings (SSSR count). The zero-order chi connectivity index (χ0) is 30.5. The van der Waals surface area contributed by atoms with E-state index in [1.807, 2.05) is 0 Å². The number of aliphatic hydroxyl groups is 1. The van der Waals surface area contributed by atoms with Crippen LogP contribution >= 0.6 is 0 Å². The molecule has 0 aliphatic rings. The maximum absolute atomic E-state index is 13.2. The lowest BCUT2D eigenvalue weighted by atomic mass is 10.2. The molecule has 7 nitrogen and oxygen atoms in total. The molecule has 0 amide bonds. The fraction of sp³-hybridized carbons (Fsp3) is 0.615. The number of fused-ring (bicyclic) bond motifs is 1. The SMILES string of the molecule is [2H]C([2H])([2H])n1cnc2c1c(=O)n(C([2H])([2H])C([2H])([2H])C([2H])([2H])C([2H])([2H])C([2H])(O)C([2H])([2H])[2H])c(=O)n2C([2H])([2H])[2H]. The molecule has 0 saturated heterocycles. The van der Waals surface area contributed by atoms with E-state index in [0.29, 0.717) is 6.33 Å². The number of hydrogen-bond donors (Lipinski definition) is 1. The molecule has 0 bridgehead atoms. The standard InChI is InChI=1S/C13H20N4O3/c1-9(18)6-4-5-7-17-12(19)10-11(14-8-15(10)2)16(3)13(17)20/h8-9,18H,4-7H2,1-3H3/i1D3,2D3,3D3,4D2,5D2,6D2,7D2,9D. The van der Waals surface area contributed by atoms with E-state index >= 15 is 0 Å². The zero-order valence-electron chi connectivity index (χ0n) is 27.6. The lowest BCUT2D eigenvalue weighted by Gasteiger charge is -2.09. The molecule has 0 saturated carbocycles. The van der Waals surface area contributed by atoms with E-state index in [0.717, 1.165) is 0 Å². The summed E-state index contributed by atoms with van der Waals surface area (Å²) >= 11 is 0. The van der Waals surface area contributed by atoms with Gasteiger partial charge in [0, 0.05) is 41.0 Å². The fourth-order valence-electron chi connectivity index (χ4n) is 1.36. The van der Waals surface area contributed by atoms with E-state index in [9.17, 15) is 14.7 Å². The smallest absolute Gasteiger partial charge is 0.332 e. The van der Waals surface area contributed by atoms with Crippen molar-refractivity contribution in [3.63, 3.8) is 0 Å². The average molecular weight is 298 g/mol. The highest BCUT2D eigenvalue weighted by Crippen LogP contribution is 2.04. The van der Waals surface area contributed by atoms with Crippen molar-refractivity contribution in [2.24, 2.45) is 14.0 Å². The van der Waals surface area contributed by atoms with Gasteiger partial charge in [-0.1, -0.05) is 0 Å². The van der Waals surface area contributed by atoms with Gasteiger partial charge in [-0.3, -0.25) is 13.9 Å². The summed E-state index contributed by atoms with van der Waals surface area (Å²) in [5.41, 5.74) is -6.52. The Hall–Kier alpha value is -1.89. The van der Waals surface area contributed by atoms with E-state index in [1.165, 1.54) is 0 Å². The lowest BCUT2D eigenvalue weighted by molar-refractivity contribution is 0.180. The molecule has 1 atom stereocenters. The average Bonchev–Trinajstić information content (AvgIpc) is 3.10. The van der Waals surface area contributed by atoms with Crippen LogP contribution < -0.4 is 11.2 Å². The minimum Gasteiger partial charge on any atom is -0.393 e. The second kappa shape index (κ2) is 5.62. The van der Waals surface area contributed by atoms with Crippen molar-refractivity contribution in [3.8, 4) is 0 Å². The van der Waals surface area contributed by atoms with Crippen LogP contribution in [0.25, 0.3) is 11.2 Å². The van der Waals surface area contributed by atoms with Crippen molar-refractivity contribution in [2.45, 2.75) is 38.5 Å². The van der Waals surface area contributed by atoms with E-state index < -0.39 is 79.5 Å². The van der Waals surface area contributed by atoms with E-state index in [4.69, 9.17) is 24.7 Å². The first-order valence-electron chi connectivity index (χ1n) is 13.9. The maximum Gasteiger partial charge on any atom is 0.332 e. The van der Waals surface area contributed by atoms with Crippen LogP contribution in [0.4, 0.5) is 0 Å². The quantitative estimate of drug-likeness (QED) is 0.841. The van der Waals surface area contributed by atoms with Crippen LogP contribution in [0.1, 0.15) is 50.6 Å². The van der Waals surface area contributed by atoms with Crippen LogP contribution in [0.2, 0.25) is 0 Å². The summed E-state index contributed by atoms with van der Waals surface area (Å²) in [5, 5.41) is 10.0. The Kier molecular flexibility index (Phi) is 1.08. The Bertz CT molecular complexity index is 1360. The highest BCUT2D eigenvalue weighted by Gasteiger charge is 2.14. The maximum atomic E-state index is 13.2. The summed E-state index contributed by atoms with van der Waals surface area (Å²) in [6, 6.07) is 0. The Morgan fingerprint density at radius 3 is 3.05 bits per heavy atom. The molecule has 0 aromatic carbocycles. The molecular formula is C13H20N4O3. The molecule has 2 aromatic heterocycles. The van der Waals surface area contributed by atoms with Crippen molar-refractivity contribution in [2.75, 3.05) is 0 Å². The third-order valence-corrected chi connectivity index (χ3v) is 2.16. The predicted molar refractivity (Wildman–Crippen MR) is 75.7 cm³/mol. The number of imidazole rings is 1. The van der Waals surface area contributed by atoms with Gasteiger partial charge in [-0.15, -0.1) is 0 Å². The predicted octanol–water partition coefficient (Wildman–Crippen LogP) is -0.0152. The number of hydrogen-bond acceptors (Lipinski definition) is 4. The van der Waals surface area contributed by atoms with Crippen molar-refractivity contribution >= 4 is 11.2 Å². The summed E-state index contributed by atoms with van der Waals surface area (Å²) < 4.78 is 137. The first kappa shape index (κ1) is 3.85. The number of nitrogens with zero attached hydrogens (tertiary/aromatic N) is 4. The van der Waals surface area contributed by atoms with Gasteiger partial charge in [0.05, 0.1) is 16.5 Å². The van der Waals surface area contributed by atoms with Crippen LogP contribution in [-0.2, 0) is 20.4 Å². The van der Waals surface area contributed by atoms with Gasteiger partial charge in [-0.25, -0.2) is 9.78 Å². The Balaban J connectivity index is 3.10. The first-order valence-corrected chi connectivity index (χ1v) is 4.91. The first-order chi connectivity index (χ1) is 16.4. The molecular weight excluding hydrogens is 260 g/mol. The van der Waals surface area contributed by atoms with Crippen molar-refractivity contribution in [1.29, 1.82) is 0 Å². The Morgan fingerprint density at radius 2 is 2.35 bits per heavy atom. The van der Waals surface area contributed by atoms with E-state index in [1.54, 1.807) is 0 Å². The van der Waals surface area contributed by atoms with Gasteiger partial charge in [0.2, 0.25) is 0 Å². The molecule has 7 heteroatoms. The van der Waals surface area contributed by atoms with Gasteiger partial charge in [-0.05, 0) is 26.0 Å². The lowest BCUT2D eigenvalue weighted by Crippen LogP contribution is -2.39. The zero-order valence-corrected chi connectivity index (χ0v) is 9.63. The van der Waals surface area contributed by atoms with Crippen molar-refractivity contribution < 1.29 is 29.8 Å². The molecule has 1 N–H and O–H groups in total. The summed E-state index contributed by atoms with van der Waals surface area (Å²) in [4.78, 5) is 29.8. The van der Waals surface area contributed by atoms with Gasteiger partial charge in [0.1, 0.15) is 0 Å². The number of aryl methyl sites for hydroxylation is 2. The minimum atomic E-state index is -4.55. The molecule has 1 unspecified atom stereocenters. The minimum absolute atomic E-state index is 0.0690. The summed E-state index contributed by atoms with van der Waals surface area (Å²) in [6.45, 7) is -15.3. The third-order valence-electron chi connectivity index (χ3n) is 2.16. The molecule has 20 heavy (non-hydrogen) atoms. The normalized spacial score (nSPS) is 32.6. The highest BCUT2D eigenvalue weighted by molar-refractivity contribution is 5.69. The van der Waals surface area contributed by atoms with E-state index in [-0.39, 0.29) is 9.13 Å². The fourth-order valence-corrected chi connectivity index (χ4v) is 1.36. The van der Waals surface area contributed by atoms with Gasteiger partial charge in [0.25, 0.3) is 5.56 Å². The molecule has 0 aliphatic heterocycles. The summed E-state index contributed by atoms with van der Waals surface area (Å²) in [6.07, 6.45) is -17.6. The summed E-state index contributed by atoms with van der Waals surface area (Å²) in [7, 11) is 0. The van der Waals surface area contributed by atoms with Crippen molar-refractivity contribution in [3.05, 3.63) is 27.2 Å². The topological polar surface area (TPSA) is 82.1 Å². The van der Waals surface area contributed by atoms with Gasteiger partial charge in [-0.2, -0.15) is 0 Å².